The van der Waals surface area contributed by atoms with Gasteiger partial charge in [0.1, 0.15) is 17.9 Å². The van der Waals surface area contributed by atoms with Crippen LogP contribution in [0, 0.1) is 11.7 Å². The Morgan fingerprint density at radius 3 is 2.70 bits per heavy atom. The molecule has 0 bridgehead atoms. The lowest BCUT2D eigenvalue weighted by atomic mass is 10.0. The van der Waals surface area contributed by atoms with Crippen molar-refractivity contribution in [2.75, 3.05) is 4.90 Å². The van der Waals surface area contributed by atoms with Gasteiger partial charge in [0.25, 0.3) is 5.91 Å². The van der Waals surface area contributed by atoms with Crippen LogP contribution in [-0.4, -0.2) is 23.9 Å². The molecule has 4 nitrogen and oxygen atoms in total. The maximum atomic E-state index is 14.0. The second-order valence-corrected chi connectivity index (χ2v) is 5.74. The fraction of sp³-hybridized carbons (Fsp3) is 0.429. The number of amides is 2. The van der Waals surface area contributed by atoms with E-state index in [9.17, 15) is 14.0 Å². The highest BCUT2D eigenvalue weighted by Crippen LogP contribution is 2.37. The molecule has 2 fully saturated rings. The van der Waals surface area contributed by atoms with Crippen LogP contribution in [0.1, 0.15) is 19.8 Å². The average molecular weight is 297 g/mol. The number of carbonyl (C=O) groups is 2. The Morgan fingerprint density at radius 1 is 1.35 bits per heavy atom. The first-order valence-corrected chi connectivity index (χ1v) is 6.95. The summed E-state index contributed by atoms with van der Waals surface area (Å²) >= 11 is 5.87. The summed E-state index contributed by atoms with van der Waals surface area (Å²) in [5.74, 6) is -0.913. The molecule has 1 saturated heterocycles. The van der Waals surface area contributed by atoms with E-state index in [4.69, 9.17) is 11.6 Å². The van der Waals surface area contributed by atoms with Crippen molar-refractivity contribution in [2.45, 2.75) is 31.8 Å². The van der Waals surface area contributed by atoms with E-state index < -0.39 is 17.9 Å². The lowest BCUT2D eigenvalue weighted by Gasteiger charge is -2.37. The van der Waals surface area contributed by atoms with Gasteiger partial charge >= 0.3 is 0 Å². The van der Waals surface area contributed by atoms with Crippen LogP contribution >= 0.6 is 11.6 Å². The summed E-state index contributed by atoms with van der Waals surface area (Å²) in [6, 6.07) is 2.71. The number of hydrogen-bond donors (Lipinski definition) is 1. The Labute approximate surface area is 120 Å². The van der Waals surface area contributed by atoms with Crippen molar-refractivity contribution in [3.63, 3.8) is 0 Å². The summed E-state index contributed by atoms with van der Waals surface area (Å²) in [6.07, 6.45) is 1.83. The van der Waals surface area contributed by atoms with Crippen LogP contribution in [-0.2, 0) is 9.59 Å². The van der Waals surface area contributed by atoms with Gasteiger partial charge in [0, 0.05) is 5.02 Å². The highest BCUT2D eigenvalue weighted by molar-refractivity contribution is 6.31. The fourth-order valence-electron chi connectivity index (χ4n) is 2.54. The van der Waals surface area contributed by atoms with Crippen LogP contribution in [0.3, 0.4) is 0 Å². The Hall–Kier alpha value is -1.62. The van der Waals surface area contributed by atoms with Crippen LogP contribution in [0.5, 0.6) is 0 Å². The molecule has 106 valence electrons. The maximum absolute atomic E-state index is 14.0. The second-order valence-electron chi connectivity index (χ2n) is 5.30. The van der Waals surface area contributed by atoms with E-state index in [0.29, 0.717) is 5.02 Å². The van der Waals surface area contributed by atoms with E-state index in [-0.39, 0.29) is 23.4 Å². The van der Waals surface area contributed by atoms with Crippen molar-refractivity contribution >= 4 is 29.1 Å². The van der Waals surface area contributed by atoms with Crippen molar-refractivity contribution in [2.24, 2.45) is 5.92 Å². The third kappa shape index (κ3) is 2.16. The summed E-state index contributed by atoms with van der Waals surface area (Å²) in [7, 11) is 0. The Kier molecular flexibility index (Phi) is 3.17. The van der Waals surface area contributed by atoms with E-state index in [0.717, 1.165) is 12.8 Å². The molecule has 1 aromatic rings. The predicted molar refractivity (Wildman–Crippen MR) is 73.0 cm³/mol. The van der Waals surface area contributed by atoms with E-state index in [1.54, 1.807) is 6.92 Å². The molecule has 1 saturated carbocycles. The standard InChI is InChI=1S/C14H14ClFN2O2/c1-7-13(19)17-12(8-2-3-8)14(20)18(7)11-6-9(15)4-5-10(11)16/h4-8,12H,2-3H2,1H3,(H,17,19). The monoisotopic (exact) mass is 296 g/mol. The molecule has 0 radical (unpaired) electrons. The zero-order valence-electron chi connectivity index (χ0n) is 10.9. The average Bonchev–Trinajstić information content (AvgIpc) is 3.22. The van der Waals surface area contributed by atoms with Gasteiger partial charge in [-0.3, -0.25) is 14.5 Å². The van der Waals surface area contributed by atoms with Crippen LogP contribution in [0.2, 0.25) is 5.02 Å². The van der Waals surface area contributed by atoms with Crippen molar-refractivity contribution in [3.8, 4) is 0 Å². The molecule has 3 rings (SSSR count). The third-order valence-electron chi connectivity index (χ3n) is 3.83. The molecule has 2 aliphatic rings. The number of piperazine rings is 1. The molecule has 2 unspecified atom stereocenters. The molecule has 1 N–H and O–H groups in total. The summed E-state index contributed by atoms with van der Waals surface area (Å²) in [4.78, 5) is 25.8. The zero-order chi connectivity index (χ0) is 14.4. The Balaban J connectivity index is 2.01. The molecule has 20 heavy (non-hydrogen) atoms. The number of rotatable bonds is 2. The fourth-order valence-corrected chi connectivity index (χ4v) is 2.71. The van der Waals surface area contributed by atoms with Crippen molar-refractivity contribution in [1.29, 1.82) is 0 Å². The normalized spacial score (nSPS) is 26.6. The van der Waals surface area contributed by atoms with Crippen LogP contribution in [0.25, 0.3) is 0 Å². The van der Waals surface area contributed by atoms with E-state index >= 15 is 0 Å². The lowest BCUT2D eigenvalue weighted by molar-refractivity contribution is -0.134. The second kappa shape index (κ2) is 4.74. The van der Waals surface area contributed by atoms with Gasteiger partial charge in [0.15, 0.2) is 0 Å². The third-order valence-corrected chi connectivity index (χ3v) is 4.06. The van der Waals surface area contributed by atoms with Gasteiger partial charge in [-0.1, -0.05) is 11.6 Å². The minimum absolute atomic E-state index is 0.0653. The number of halogens is 2. The Morgan fingerprint density at radius 2 is 2.05 bits per heavy atom. The first-order valence-electron chi connectivity index (χ1n) is 6.57. The van der Waals surface area contributed by atoms with E-state index in [1.807, 2.05) is 0 Å². The molecule has 1 aliphatic carbocycles. The maximum Gasteiger partial charge on any atom is 0.250 e. The number of anilines is 1. The van der Waals surface area contributed by atoms with Gasteiger partial charge in [-0.05, 0) is 43.9 Å². The molecule has 0 aromatic heterocycles. The molecule has 2 amide bonds. The highest BCUT2D eigenvalue weighted by atomic mass is 35.5. The largest absolute Gasteiger partial charge is 0.342 e. The van der Waals surface area contributed by atoms with Crippen LogP contribution in [0.4, 0.5) is 10.1 Å². The van der Waals surface area contributed by atoms with Gasteiger partial charge in [-0.2, -0.15) is 0 Å². The van der Waals surface area contributed by atoms with Crippen molar-refractivity contribution in [1.82, 2.24) is 5.32 Å². The minimum Gasteiger partial charge on any atom is -0.342 e. The molecule has 1 aliphatic heterocycles. The van der Waals surface area contributed by atoms with Gasteiger partial charge in [0.05, 0.1) is 5.69 Å². The quantitative estimate of drug-likeness (QED) is 0.909. The minimum atomic E-state index is -0.745. The zero-order valence-corrected chi connectivity index (χ0v) is 11.7. The van der Waals surface area contributed by atoms with Gasteiger partial charge < -0.3 is 5.32 Å². The summed E-state index contributed by atoms with van der Waals surface area (Å²) in [6.45, 7) is 1.58. The number of nitrogens with zero attached hydrogens (tertiary/aromatic N) is 1. The van der Waals surface area contributed by atoms with E-state index in [1.165, 1.54) is 23.1 Å². The predicted octanol–water partition coefficient (Wildman–Crippen LogP) is 2.11. The number of nitrogens with one attached hydrogen (secondary N) is 1. The summed E-state index contributed by atoms with van der Waals surface area (Å²) < 4.78 is 14.0. The van der Waals surface area contributed by atoms with Crippen LogP contribution < -0.4 is 10.2 Å². The lowest BCUT2D eigenvalue weighted by Crippen LogP contribution is -2.63. The highest BCUT2D eigenvalue weighted by Gasteiger charge is 2.46. The van der Waals surface area contributed by atoms with Gasteiger partial charge in [-0.25, -0.2) is 4.39 Å². The SMILES string of the molecule is CC1C(=O)NC(C2CC2)C(=O)N1c1cc(Cl)ccc1F. The molecule has 2 atom stereocenters. The molecule has 1 aromatic carbocycles. The summed E-state index contributed by atoms with van der Waals surface area (Å²) in [5, 5.41) is 3.06. The smallest absolute Gasteiger partial charge is 0.250 e. The first-order chi connectivity index (χ1) is 9.49. The van der Waals surface area contributed by atoms with Gasteiger partial charge in [-0.15, -0.1) is 0 Å². The first kappa shape index (κ1) is 13.4. The Bertz CT molecular complexity index is 589. The van der Waals surface area contributed by atoms with Crippen molar-refractivity contribution < 1.29 is 14.0 Å². The van der Waals surface area contributed by atoms with Crippen molar-refractivity contribution in [3.05, 3.63) is 29.0 Å². The van der Waals surface area contributed by atoms with E-state index in [2.05, 4.69) is 5.32 Å². The number of benzene rings is 1. The van der Waals surface area contributed by atoms with Crippen LogP contribution in [0.15, 0.2) is 18.2 Å². The number of hydrogen-bond acceptors (Lipinski definition) is 2. The topological polar surface area (TPSA) is 49.4 Å². The number of carbonyl (C=O) groups excluding carboxylic acids is 2. The molecule has 6 heteroatoms. The molecular weight excluding hydrogens is 283 g/mol. The van der Waals surface area contributed by atoms with Gasteiger partial charge in [0.2, 0.25) is 5.91 Å². The molecular formula is C14H14ClFN2O2. The molecule has 0 spiro atoms. The molecule has 1 heterocycles. The summed E-state index contributed by atoms with van der Waals surface area (Å²) in [5.41, 5.74) is 0.0653.